The number of fused-ring (bicyclic) bond motifs is 1. The average Bonchev–Trinajstić information content (AvgIpc) is 2.79. The van der Waals surface area contributed by atoms with Crippen LogP contribution < -0.4 is 0 Å². The number of halogens is 3. The third kappa shape index (κ3) is 2.60. The van der Waals surface area contributed by atoms with Crippen molar-refractivity contribution in [3.8, 4) is 0 Å². The zero-order valence-electron chi connectivity index (χ0n) is 11.7. The second-order valence-electron chi connectivity index (χ2n) is 4.76. The van der Waals surface area contributed by atoms with Crippen LogP contribution in [-0.2, 0) is 11.0 Å². The van der Waals surface area contributed by atoms with E-state index in [2.05, 4.69) is 9.82 Å². The van der Waals surface area contributed by atoms with Crippen molar-refractivity contribution in [2.75, 3.05) is 0 Å². The maximum atomic E-state index is 12.4. The molecule has 122 valence electrons. The molecule has 0 unspecified atom stereocenters. The lowest BCUT2D eigenvalue weighted by Crippen LogP contribution is -2.33. The third-order valence-corrected chi connectivity index (χ3v) is 3.23. The molecule has 0 radical (unpaired) electrons. The first-order valence-electron chi connectivity index (χ1n) is 6.52. The summed E-state index contributed by atoms with van der Waals surface area (Å²) in [6.07, 6.45) is -4.14. The van der Waals surface area contributed by atoms with Gasteiger partial charge in [0.15, 0.2) is 5.69 Å². The van der Waals surface area contributed by atoms with Crippen LogP contribution in [-0.4, -0.2) is 27.8 Å². The summed E-state index contributed by atoms with van der Waals surface area (Å²) in [6.45, 7) is 0. The smallest absolute Gasteiger partial charge is 0.323 e. The van der Waals surface area contributed by atoms with Gasteiger partial charge < -0.3 is 4.84 Å². The molecule has 2 aromatic rings. The first-order valence-corrected chi connectivity index (χ1v) is 6.52. The highest BCUT2D eigenvalue weighted by Gasteiger charge is 2.39. The fraction of sp³-hybridized carbons (Fsp3) is 0.0667. The molecule has 3 rings (SSSR count). The van der Waals surface area contributed by atoms with Crippen molar-refractivity contribution < 1.29 is 32.4 Å². The molecule has 0 spiro atoms. The van der Waals surface area contributed by atoms with Crippen molar-refractivity contribution in [3.63, 3.8) is 0 Å². The Hall–Kier alpha value is -3.23. The van der Waals surface area contributed by atoms with Crippen molar-refractivity contribution in [1.82, 2.24) is 10.0 Å². The summed E-state index contributed by atoms with van der Waals surface area (Å²) < 4.78 is 37.3. The number of imide groups is 1. The number of hydroxylamine groups is 2. The Labute approximate surface area is 132 Å². The van der Waals surface area contributed by atoms with Gasteiger partial charge >= 0.3 is 12.1 Å². The number of amides is 2. The lowest BCUT2D eigenvalue weighted by molar-refractivity contribution is -0.137. The van der Waals surface area contributed by atoms with E-state index in [9.17, 15) is 27.6 Å². The highest BCUT2D eigenvalue weighted by Crippen LogP contribution is 2.28. The minimum atomic E-state index is -4.60. The molecule has 1 aromatic carbocycles. The van der Waals surface area contributed by atoms with Crippen molar-refractivity contribution in [2.24, 2.45) is 0 Å². The van der Waals surface area contributed by atoms with E-state index < -0.39 is 35.2 Å². The van der Waals surface area contributed by atoms with Gasteiger partial charge in [-0.25, -0.2) is 9.78 Å². The van der Waals surface area contributed by atoms with Gasteiger partial charge in [0.1, 0.15) is 0 Å². The summed E-state index contributed by atoms with van der Waals surface area (Å²) in [4.78, 5) is 44.0. The van der Waals surface area contributed by atoms with Crippen LogP contribution in [0.15, 0.2) is 42.6 Å². The molecule has 24 heavy (non-hydrogen) atoms. The maximum absolute atomic E-state index is 12.4. The molecule has 1 aromatic heterocycles. The summed E-state index contributed by atoms with van der Waals surface area (Å²) >= 11 is 0. The Morgan fingerprint density at radius 3 is 2.04 bits per heavy atom. The number of hydrogen-bond acceptors (Lipinski definition) is 5. The van der Waals surface area contributed by atoms with Gasteiger partial charge in [-0.05, 0) is 24.3 Å². The van der Waals surface area contributed by atoms with Gasteiger partial charge in [0.25, 0.3) is 11.8 Å². The van der Waals surface area contributed by atoms with Crippen LogP contribution in [0, 0.1) is 0 Å². The van der Waals surface area contributed by atoms with E-state index in [1.54, 1.807) is 0 Å². The number of pyridine rings is 1. The quantitative estimate of drug-likeness (QED) is 0.788. The number of hydrogen-bond donors (Lipinski definition) is 0. The van der Waals surface area contributed by atoms with Crippen LogP contribution >= 0.6 is 0 Å². The molecule has 2 amide bonds. The Morgan fingerprint density at radius 2 is 1.58 bits per heavy atom. The third-order valence-electron chi connectivity index (χ3n) is 3.23. The molecule has 0 saturated heterocycles. The van der Waals surface area contributed by atoms with Crippen LogP contribution in [0.3, 0.4) is 0 Å². The van der Waals surface area contributed by atoms with Gasteiger partial charge in [-0.3, -0.25) is 9.59 Å². The molecular weight excluding hydrogens is 329 g/mol. The lowest BCUT2D eigenvalue weighted by atomic mass is 10.1. The minimum Gasteiger partial charge on any atom is -0.323 e. The molecule has 1 aliphatic rings. The highest BCUT2D eigenvalue weighted by molar-refractivity contribution is 6.21. The standard InChI is InChI=1S/C15H7F3N2O4/c16-15(17,18)8-5-6-11(19-7-8)14(23)24-20-12(21)9-3-1-2-4-10(9)13(20)22/h1-7H. The van der Waals surface area contributed by atoms with Crippen LogP contribution in [0.2, 0.25) is 0 Å². The Bertz CT molecular complexity index is 812. The maximum Gasteiger partial charge on any atom is 0.417 e. The van der Waals surface area contributed by atoms with Crippen molar-refractivity contribution in [2.45, 2.75) is 6.18 Å². The van der Waals surface area contributed by atoms with Gasteiger partial charge in [-0.2, -0.15) is 13.2 Å². The van der Waals surface area contributed by atoms with Gasteiger partial charge in [-0.1, -0.05) is 17.2 Å². The molecule has 0 bridgehead atoms. The summed E-state index contributed by atoms with van der Waals surface area (Å²) in [6, 6.07) is 7.29. The Balaban J connectivity index is 1.79. The number of benzene rings is 1. The molecule has 1 aliphatic heterocycles. The zero-order chi connectivity index (χ0) is 17.5. The first-order chi connectivity index (χ1) is 11.3. The van der Waals surface area contributed by atoms with Gasteiger partial charge in [0.05, 0.1) is 16.7 Å². The topological polar surface area (TPSA) is 76.6 Å². The largest absolute Gasteiger partial charge is 0.417 e. The van der Waals surface area contributed by atoms with E-state index in [0.717, 1.165) is 6.07 Å². The van der Waals surface area contributed by atoms with E-state index in [-0.39, 0.29) is 16.2 Å². The predicted molar refractivity (Wildman–Crippen MR) is 71.6 cm³/mol. The van der Waals surface area contributed by atoms with Gasteiger partial charge in [-0.15, -0.1) is 0 Å². The summed E-state index contributed by atoms with van der Waals surface area (Å²) in [5.74, 6) is -2.90. The molecular formula is C15H7F3N2O4. The van der Waals surface area contributed by atoms with Crippen molar-refractivity contribution in [3.05, 3.63) is 65.0 Å². The normalized spacial score (nSPS) is 13.9. The van der Waals surface area contributed by atoms with Crippen LogP contribution in [0.25, 0.3) is 0 Å². The molecule has 6 nitrogen and oxygen atoms in total. The van der Waals surface area contributed by atoms with Gasteiger partial charge in [0.2, 0.25) is 0 Å². The number of alkyl halides is 3. The Morgan fingerprint density at radius 1 is 1.00 bits per heavy atom. The molecule has 0 fully saturated rings. The summed E-state index contributed by atoms with van der Waals surface area (Å²) in [7, 11) is 0. The number of carbonyl (C=O) groups excluding carboxylic acids is 3. The monoisotopic (exact) mass is 336 g/mol. The average molecular weight is 336 g/mol. The molecule has 9 heteroatoms. The second-order valence-corrected chi connectivity index (χ2v) is 4.76. The van der Waals surface area contributed by atoms with Crippen LogP contribution in [0.4, 0.5) is 13.2 Å². The molecule has 0 atom stereocenters. The molecule has 0 aliphatic carbocycles. The van der Waals surface area contributed by atoms with Crippen molar-refractivity contribution >= 4 is 17.8 Å². The minimum absolute atomic E-state index is 0.0654. The lowest BCUT2D eigenvalue weighted by Gasteiger charge is -2.12. The number of nitrogens with zero attached hydrogens (tertiary/aromatic N) is 2. The first kappa shape index (κ1) is 15.7. The van der Waals surface area contributed by atoms with E-state index in [1.165, 1.54) is 24.3 Å². The molecule has 0 saturated carbocycles. The number of rotatable bonds is 2. The van der Waals surface area contributed by atoms with Crippen LogP contribution in [0.5, 0.6) is 0 Å². The SMILES string of the molecule is O=C(ON1C(=O)c2ccccc2C1=O)c1ccc(C(F)(F)F)cn1. The molecule has 2 heterocycles. The number of aromatic nitrogens is 1. The zero-order valence-corrected chi connectivity index (χ0v) is 11.7. The van der Waals surface area contributed by atoms with E-state index in [4.69, 9.17) is 0 Å². The van der Waals surface area contributed by atoms with Crippen molar-refractivity contribution in [1.29, 1.82) is 0 Å². The van der Waals surface area contributed by atoms with Crippen LogP contribution in [0.1, 0.15) is 36.8 Å². The van der Waals surface area contributed by atoms with Gasteiger partial charge in [0, 0.05) is 6.20 Å². The van der Waals surface area contributed by atoms with E-state index >= 15 is 0 Å². The molecule has 0 N–H and O–H groups in total. The summed E-state index contributed by atoms with van der Waals surface area (Å²) in [5.41, 5.74) is -1.38. The van der Waals surface area contributed by atoms with E-state index in [1.807, 2.05) is 0 Å². The number of carbonyl (C=O) groups is 3. The van der Waals surface area contributed by atoms with E-state index in [0.29, 0.717) is 12.3 Å². The fourth-order valence-electron chi connectivity index (χ4n) is 2.06. The predicted octanol–water partition coefficient (Wildman–Crippen LogP) is 2.47. The summed E-state index contributed by atoms with van der Waals surface area (Å²) in [5, 5.41) is 0.256. The highest BCUT2D eigenvalue weighted by atomic mass is 19.4. The second kappa shape index (κ2) is 5.44. The fourth-order valence-corrected chi connectivity index (χ4v) is 2.06. The Kier molecular flexibility index (Phi) is 3.55.